The van der Waals surface area contributed by atoms with E-state index in [4.69, 9.17) is 0 Å². The summed E-state index contributed by atoms with van der Waals surface area (Å²) in [5, 5.41) is 2.10. The van der Waals surface area contributed by atoms with E-state index in [-0.39, 0.29) is 5.91 Å². The van der Waals surface area contributed by atoms with E-state index < -0.39 is 0 Å². The molecule has 1 aromatic heterocycles. The molecule has 0 radical (unpaired) electrons. The Hall–Kier alpha value is -1.29. The van der Waals surface area contributed by atoms with E-state index in [1.54, 1.807) is 11.3 Å². The number of aryl methyl sites for hydroxylation is 1. The molecule has 86 valence electrons. The maximum atomic E-state index is 11.3. The van der Waals surface area contributed by atoms with Gasteiger partial charge in [0.2, 0.25) is 5.91 Å². The van der Waals surface area contributed by atoms with Crippen LogP contribution in [-0.4, -0.2) is 5.91 Å². The molecule has 0 spiro atoms. The number of fused-ring (bicyclic) bond motifs is 1. The van der Waals surface area contributed by atoms with Crippen molar-refractivity contribution in [3.05, 3.63) is 28.0 Å². The van der Waals surface area contributed by atoms with Crippen molar-refractivity contribution in [3.8, 4) is 0 Å². The van der Waals surface area contributed by atoms with Gasteiger partial charge in [0.05, 0.1) is 5.70 Å². The molecule has 2 N–H and O–H groups in total. The minimum Gasteiger partial charge on any atom is -0.298 e. The van der Waals surface area contributed by atoms with Crippen LogP contribution in [0, 0.1) is 0 Å². The van der Waals surface area contributed by atoms with Crippen LogP contribution in [0.2, 0.25) is 0 Å². The van der Waals surface area contributed by atoms with Gasteiger partial charge in [-0.25, -0.2) is 0 Å². The van der Waals surface area contributed by atoms with Gasteiger partial charge in [0.1, 0.15) is 0 Å². The summed E-state index contributed by atoms with van der Waals surface area (Å²) in [5.74, 6) is 0.0470. The molecule has 0 bridgehead atoms. The lowest BCUT2D eigenvalue weighted by Crippen LogP contribution is -2.36. The van der Waals surface area contributed by atoms with Crippen LogP contribution in [0.1, 0.15) is 36.6 Å². The highest BCUT2D eigenvalue weighted by molar-refractivity contribution is 7.10. The summed E-state index contributed by atoms with van der Waals surface area (Å²) in [6.07, 6.45) is 5.73. The fraction of sp³-hybridized carbons (Fsp3) is 0.417. The van der Waals surface area contributed by atoms with Gasteiger partial charge < -0.3 is 0 Å². The van der Waals surface area contributed by atoms with Crippen molar-refractivity contribution in [2.24, 2.45) is 0 Å². The smallest absolute Gasteiger partial charge is 0.238 e. The maximum absolute atomic E-state index is 11.3. The summed E-state index contributed by atoms with van der Waals surface area (Å²) >= 11 is 1.78. The molecule has 16 heavy (non-hydrogen) atoms. The van der Waals surface area contributed by atoms with Crippen molar-refractivity contribution in [2.45, 2.75) is 32.6 Å². The number of nitrogens with one attached hydrogen (secondary N) is 2. The Morgan fingerprint density at radius 1 is 1.56 bits per heavy atom. The van der Waals surface area contributed by atoms with Crippen LogP contribution in [0.4, 0.5) is 0 Å². The largest absolute Gasteiger partial charge is 0.298 e. The van der Waals surface area contributed by atoms with Crippen molar-refractivity contribution < 1.29 is 4.79 Å². The molecule has 1 aliphatic rings. The molecular weight excluding hydrogens is 220 g/mol. The normalized spacial score (nSPS) is 13.9. The molecule has 1 heterocycles. The van der Waals surface area contributed by atoms with Crippen LogP contribution < -0.4 is 10.9 Å². The first-order chi connectivity index (χ1) is 7.81. The average Bonchev–Trinajstić information content (AvgIpc) is 2.75. The molecule has 0 atom stereocenters. The molecule has 0 unspecified atom stereocenters. The van der Waals surface area contributed by atoms with Crippen molar-refractivity contribution >= 4 is 22.9 Å². The average molecular weight is 236 g/mol. The number of carbonyl (C=O) groups is 1. The second-order valence-electron chi connectivity index (χ2n) is 3.84. The van der Waals surface area contributed by atoms with Gasteiger partial charge >= 0.3 is 0 Å². The molecule has 2 rings (SSSR count). The number of allylic oxidation sites excluding steroid dienone is 1. The minimum atomic E-state index is 0.0470. The zero-order valence-corrected chi connectivity index (χ0v) is 10.2. The molecule has 1 aliphatic carbocycles. The lowest BCUT2D eigenvalue weighted by Gasteiger charge is -2.16. The molecule has 0 saturated carbocycles. The first kappa shape index (κ1) is 11.2. The lowest BCUT2D eigenvalue weighted by atomic mass is 10.0. The van der Waals surface area contributed by atoms with E-state index >= 15 is 0 Å². The van der Waals surface area contributed by atoms with Gasteiger partial charge in [0, 0.05) is 16.9 Å². The first-order valence-electron chi connectivity index (χ1n) is 5.63. The summed E-state index contributed by atoms with van der Waals surface area (Å²) in [7, 11) is 0. The molecule has 0 aromatic carbocycles. The van der Waals surface area contributed by atoms with Crippen LogP contribution >= 0.6 is 11.3 Å². The zero-order valence-electron chi connectivity index (χ0n) is 9.38. The third kappa shape index (κ3) is 2.44. The topological polar surface area (TPSA) is 41.1 Å². The SMILES string of the molecule is CCCC(=O)NNC1=CCCc2sccc21. The molecule has 1 aromatic rings. The lowest BCUT2D eigenvalue weighted by molar-refractivity contribution is -0.121. The van der Waals surface area contributed by atoms with E-state index in [2.05, 4.69) is 28.4 Å². The minimum absolute atomic E-state index is 0.0470. The predicted octanol–water partition coefficient (Wildman–Crippen LogP) is 2.46. The first-order valence-corrected chi connectivity index (χ1v) is 6.51. The van der Waals surface area contributed by atoms with E-state index in [9.17, 15) is 4.79 Å². The Kier molecular flexibility index (Phi) is 3.62. The highest BCUT2D eigenvalue weighted by Gasteiger charge is 2.13. The van der Waals surface area contributed by atoms with Gasteiger partial charge in [-0.3, -0.25) is 15.6 Å². The zero-order chi connectivity index (χ0) is 11.4. The maximum Gasteiger partial charge on any atom is 0.238 e. The van der Waals surface area contributed by atoms with E-state index in [0.29, 0.717) is 6.42 Å². The van der Waals surface area contributed by atoms with Gasteiger partial charge in [-0.05, 0) is 30.7 Å². The van der Waals surface area contributed by atoms with Crippen LogP contribution in [0.5, 0.6) is 0 Å². The molecule has 0 aliphatic heterocycles. The van der Waals surface area contributed by atoms with Crippen LogP contribution in [0.3, 0.4) is 0 Å². The van der Waals surface area contributed by atoms with E-state index in [0.717, 1.165) is 25.0 Å². The predicted molar refractivity (Wildman–Crippen MR) is 66.8 cm³/mol. The second kappa shape index (κ2) is 5.16. The summed E-state index contributed by atoms with van der Waals surface area (Å²) in [4.78, 5) is 12.7. The number of hydrogen-bond donors (Lipinski definition) is 2. The molecule has 0 saturated heterocycles. The Bertz CT molecular complexity index is 409. The number of hydrogen-bond acceptors (Lipinski definition) is 3. The third-order valence-electron chi connectivity index (χ3n) is 2.57. The van der Waals surface area contributed by atoms with E-state index in [1.165, 1.54) is 10.4 Å². The van der Waals surface area contributed by atoms with Gasteiger partial charge in [-0.1, -0.05) is 13.0 Å². The molecule has 1 amide bonds. The van der Waals surface area contributed by atoms with E-state index in [1.807, 2.05) is 6.92 Å². The Balaban J connectivity index is 1.96. The highest BCUT2D eigenvalue weighted by Crippen LogP contribution is 2.28. The van der Waals surface area contributed by atoms with Gasteiger partial charge in [-0.15, -0.1) is 11.3 Å². The van der Waals surface area contributed by atoms with Gasteiger partial charge in [-0.2, -0.15) is 0 Å². The number of carbonyl (C=O) groups excluding carboxylic acids is 1. The summed E-state index contributed by atoms with van der Waals surface area (Å²) in [5.41, 5.74) is 8.01. The summed E-state index contributed by atoms with van der Waals surface area (Å²) in [6, 6.07) is 2.10. The van der Waals surface area contributed by atoms with Crippen LogP contribution in [0.25, 0.3) is 5.70 Å². The van der Waals surface area contributed by atoms with Gasteiger partial charge in [0.25, 0.3) is 0 Å². The fourth-order valence-corrected chi connectivity index (χ4v) is 2.69. The number of rotatable bonds is 4. The molecule has 0 fully saturated rings. The second-order valence-corrected chi connectivity index (χ2v) is 4.84. The third-order valence-corrected chi connectivity index (χ3v) is 3.55. The Labute approximate surface area is 99.5 Å². The van der Waals surface area contributed by atoms with Crippen molar-refractivity contribution in [3.63, 3.8) is 0 Å². The summed E-state index contributed by atoms with van der Waals surface area (Å²) < 4.78 is 0. The van der Waals surface area contributed by atoms with Crippen molar-refractivity contribution in [1.29, 1.82) is 0 Å². The Morgan fingerprint density at radius 3 is 3.25 bits per heavy atom. The summed E-state index contributed by atoms with van der Waals surface area (Å²) in [6.45, 7) is 2.00. The quantitative estimate of drug-likeness (QED) is 0.788. The number of thiophene rings is 1. The van der Waals surface area contributed by atoms with Gasteiger partial charge in [0.15, 0.2) is 0 Å². The standard InChI is InChI=1S/C12H16N2OS/c1-2-4-12(15)14-13-10-5-3-6-11-9(10)7-8-16-11/h5,7-8,13H,2-4,6H2,1H3,(H,14,15). The van der Waals surface area contributed by atoms with Crippen molar-refractivity contribution in [2.75, 3.05) is 0 Å². The monoisotopic (exact) mass is 236 g/mol. The van der Waals surface area contributed by atoms with Crippen LogP contribution in [-0.2, 0) is 11.2 Å². The number of hydrazine groups is 1. The fourth-order valence-electron chi connectivity index (χ4n) is 1.78. The molecule has 3 nitrogen and oxygen atoms in total. The molecular formula is C12H16N2OS. The molecule has 4 heteroatoms. The Morgan fingerprint density at radius 2 is 2.44 bits per heavy atom. The number of amides is 1. The highest BCUT2D eigenvalue weighted by atomic mass is 32.1. The van der Waals surface area contributed by atoms with Crippen molar-refractivity contribution in [1.82, 2.24) is 10.9 Å². The van der Waals surface area contributed by atoms with Crippen LogP contribution in [0.15, 0.2) is 17.5 Å².